The predicted octanol–water partition coefficient (Wildman–Crippen LogP) is 1.01. The number of aliphatic hydroxyl groups is 1. The molecular formula is C15H21N3O2. The van der Waals surface area contributed by atoms with Gasteiger partial charge >= 0.3 is 0 Å². The largest absolute Gasteiger partial charge is 0.386 e. The number of pyridine rings is 1. The fourth-order valence-electron chi connectivity index (χ4n) is 3.95. The van der Waals surface area contributed by atoms with Gasteiger partial charge in [-0.2, -0.15) is 0 Å². The van der Waals surface area contributed by atoms with Gasteiger partial charge < -0.3 is 9.84 Å². The van der Waals surface area contributed by atoms with Crippen molar-refractivity contribution in [1.29, 1.82) is 0 Å². The SMILES string of the molecule is OC1COCc2c1cncc2C1CCC2CNNC2C1. The first-order chi connectivity index (χ1) is 9.83. The van der Waals surface area contributed by atoms with Crippen LogP contribution in [0.5, 0.6) is 0 Å². The van der Waals surface area contributed by atoms with E-state index in [1.54, 1.807) is 6.20 Å². The second kappa shape index (κ2) is 5.07. The lowest BCUT2D eigenvalue weighted by atomic mass is 9.75. The standard InChI is InChI=1S/C15H21N3O2/c19-15-8-20-7-13-11(5-16-6-12(13)15)9-1-2-10-4-17-18-14(10)3-9/h5-6,9-10,14-15,17-19H,1-4,7-8H2. The van der Waals surface area contributed by atoms with Gasteiger partial charge in [0.1, 0.15) is 6.10 Å². The summed E-state index contributed by atoms with van der Waals surface area (Å²) < 4.78 is 5.52. The third-order valence-corrected chi connectivity index (χ3v) is 5.09. The monoisotopic (exact) mass is 275 g/mol. The number of rotatable bonds is 1. The van der Waals surface area contributed by atoms with E-state index in [-0.39, 0.29) is 0 Å². The van der Waals surface area contributed by atoms with Crippen molar-refractivity contribution in [3.8, 4) is 0 Å². The van der Waals surface area contributed by atoms with E-state index in [9.17, 15) is 5.11 Å². The van der Waals surface area contributed by atoms with Crippen LogP contribution in [-0.2, 0) is 11.3 Å². The number of hydrogen-bond donors (Lipinski definition) is 3. The average Bonchev–Trinajstić information content (AvgIpc) is 2.94. The van der Waals surface area contributed by atoms with Crippen LogP contribution in [0.2, 0.25) is 0 Å². The molecule has 0 spiro atoms. The molecule has 20 heavy (non-hydrogen) atoms. The van der Waals surface area contributed by atoms with E-state index in [0.29, 0.717) is 25.2 Å². The van der Waals surface area contributed by atoms with Gasteiger partial charge in [0.25, 0.3) is 0 Å². The molecule has 1 aromatic heterocycles. The van der Waals surface area contributed by atoms with E-state index in [0.717, 1.165) is 24.4 Å². The first-order valence-corrected chi connectivity index (χ1v) is 7.54. The second-order valence-corrected chi connectivity index (χ2v) is 6.23. The second-order valence-electron chi connectivity index (χ2n) is 6.23. The summed E-state index contributed by atoms with van der Waals surface area (Å²) in [5, 5.41) is 10.0. The molecule has 0 radical (unpaired) electrons. The number of ether oxygens (including phenoxy) is 1. The van der Waals surface area contributed by atoms with Gasteiger partial charge in [0.2, 0.25) is 0 Å². The van der Waals surface area contributed by atoms with E-state index < -0.39 is 6.10 Å². The smallest absolute Gasteiger partial charge is 0.104 e. The van der Waals surface area contributed by atoms with Gasteiger partial charge in [0.05, 0.1) is 13.2 Å². The van der Waals surface area contributed by atoms with Crippen LogP contribution in [0.15, 0.2) is 12.4 Å². The highest BCUT2D eigenvalue weighted by Gasteiger charge is 2.36. The molecule has 4 atom stereocenters. The molecule has 1 aromatic rings. The lowest BCUT2D eigenvalue weighted by Gasteiger charge is -2.33. The van der Waals surface area contributed by atoms with Gasteiger partial charge in [-0.05, 0) is 42.2 Å². The zero-order valence-corrected chi connectivity index (χ0v) is 11.5. The van der Waals surface area contributed by atoms with Crippen LogP contribution in [0.3, 0.4) is 0 Å². The Kier molecular flexibility index (Phi) is 3.22. The van der Waals surface area contributed by atoms with Crippen LogP contribution >= 0.6 is 0 Å². The maximum absolute atomic E-state index is 10.0. The lowest BCUT2D eigenvalue weighted by molar-refractivity contribution is 0.00875. The summed E-state index contributed by atoms with van der Waals surface area (Å²) in [5.74, 6) is 1.29. The summed E-state index contributed by atoms with van der Waals surface area (Å²) in [5.41, 5.74) is 10.1. The molecule has 3 N–H and O–H groups in total. The van der Waals surface area contributed by atoms with Crippen molar-refractivity contribution >= 4 is 0 Å². The zero-order chi connectivity index (χ0) is 13.5. The Labute approximate surface area is 118 Å². The summed E-state index contributed by atoms with van der Waals surface area (Å²) in [6.07, 6.45) is 6.86. The molecule has 4 rings (SSSR count). The molecule has 2 fully saturated rings. The summed E-state index contributed by atoms with van der Waals surface area (Å²) in [6, 6.07) is 0.569. The molecule has 0 aromatic carbocycles. The minimum Gasteiger partial charge on any atom is -0.386 e. The highest BCUT2D eigenvalue weighted by atomic mass is 16.5. The minimum atomic E-state index is -0.520. The number of aliphatic hydroxyl groups excluding tert-OH is 1. The third kappa shape index (κ3) is 2.05. The Morgan fingerprint density at radius 1 is 1.25 bits per heavy atom. The van der Waals surface area contributed by atoms with Crippen LogP contribution < -0.4 is 10.9 Å². The fraction of sp³-hybridized carbons (Fsp3) is 0.667. The van der Waals surface area contributed by atoms with Crippen molar-refractivity contribution in [2.24, 2.45) is 5.92 Å². The van der Waals surface area contributed by atoms with E-state index in [4.69, 9.17) is 4.74 Å². The Morgan fingerprint density at radius 3 is 3.10 bits per heavy atom. The number of fused-ring (bicyclic) bond motifs is 2. The predicted molar refractivity (Wildman–Crippen MR) is 73.9 cm³/mol. The summed E-state index contributed by atoms with van der Waals surface area (Å²) in [7, 11) is 0. The molecule has 4 unspecified atom stereocenters. The van der Waals surface area contributed by atoms with Crippen LogP contribution in [0, 0.1) is 5.92 Å². The molecule has 2 aliphatic heterocycles. The molecule has 0 bridgehead atoms. The Morgan fingerprint density at radius 2 is 2.15 bits per heavy atom. The third-order valence-electron chi connectivity index (χ3n) is 5.09. The van der Waals surface area contributed by atoms with E-state index in [2.05, 4.69) is 15.8 Å². The number of nitrogens with one attached hydrogen (secondary N) is 2. The van der Waals surface area contributed by atoms with Crippen molar-refractivity contribution in [2.75, 3.05) is 13.2 Å². The molecule has 3 heterocycles. The average molecular weight is 275 g/mol. The number of hydrogen-bond acceptors (Lipinski definition) is 5. The van der Waals surface area contributed by atoms with Crippen LogP contribution in [0.25, 0.3) is 0 Å². The van der Waals surface area contributed by atoms with Crippen molar-refractivity contribution in [2.45, 2.75) is 43.9 Å². The van der Waals surface area contributed by atoms with Crippen LogP contribution in [-0.4, -0.2) is 29.3 Å². The zero-order valence-electron chi connectivity index (χ0n) is 11.5. The van der Waals surface area contributed by atoms with E-state index in [1.165, 1.54) is 24.0 Å². The van der Waals surface area contributed by atoms with Gasteiger partial charge in [-0.1, -0.05) is 0 Å². The van der Waals surface area contributed by atoms with E-state index >= 15 is 0 Å². The van der Waals surface area contributed by atoms with Gasteiger partial charge in [0.15, 0.2) is 0 Å². The highest BCUT2D eigenvalue weighted by molar-refractivity contribution is 5.37. The summed E-state index contributed by atoms with van der Waals surface area (Å²) >= 11 is 0. The molecule has 0 amide bonds. The molecule has 1 aliphatic carbocycles. The van der Waals surface area contributed by atoms with Crippen molar-refractivity contribution in [3.63, 3.8) is 0 Å². The molecule has 3 aliphatic rings. The van der Waals surface area contributed by atoms with Gasteiger partial charge in [-0.25, -0.2) is 0 Å². The Bertz CT molecular complexity index is 508. The van der Waals surface area contributed by atoms with Crippen molar-refractivity contribution in [1.82, 2.24) is 15.8 Å². The Hall–Kier alpha value is -1.01. The summed E-state index contributed by atoms with van der Waals surface area (Å²) in [6.45, 7) is 2.09. The topological polar surface area (TPSA) is 66.4 Å². The molecule has 5 heteroatoms. The number of hydrazine groups is 1. The maximum Gasteiger partial charge on any atom is 0.104 e. The van der Waals surface area contributed by atoms with E-state index in [1.807, 2.05) is 6.20 Å². The van der Waals surface area contributed by atoms with Crippen LogP contribution in [0.4, 0.5) is 0 Å². The summed E-state index contributed by atoms with van der Waals surface area (Å²) in [4.78, 5) is 4.36. The highest BCUT2D eigenvalue weighted by Crippen LogP contribution is 2.40. The van der Waals surface area contributed by atoms with Gasteiger partial charge in [0, 0.05) is 30.5 Å². The number of nitrogens with zero attached hydrogens (tertiary/aromatic N) is 1. The first kappa shape index (κ1) is 12.7. The quantitative estimate of drug-likeness (QED) is 0.714. The molecular weight excluding hydrogens is 254 g/mol. The first-order valence-electron chi connectivity index (χ1n) is 7.54. The van der Waals surface area contributed by atoms with Gasteiger partial charge in [-0.3, -0.25) is 15.8 Å². The molecule has 1 saturated heterocycles. The lowest BCUT2D eigenvalue weighted by Crippen LogP contribution is -2.36. The normalized spacial score (nSPS) is 36.5. The maximum atomic E-state index is 10.0. The van der Waals surface area contributed by atoms with Crippen molar-refractivity contribution in [3.05, 3.63) is 29.1 Å². The Balaban J connectivity index is 1.64. The minimum absolute atomic E-state index is 0.388. The van der Waals surface area contributed by atoms with Gasteiger partial charge in [-0.15, -0.1) is 0 Å². The number of aromatic nitrogens is 1. The van der Waals surface area contributed by atoms with Crippen molar-refractivity contribution < 1.29 is 9.84 Å². The van der Waals surface area contributed by atoms with Crippen LogP contribution in [0.1, 0.15) is 48.0 Å². The molecule has 5 nitrogen and oxygen atoms in total. The molecule has 108 valence electrons. The fourth-order valence-corrected chi connectivity index (χ4v) is 3.95. The molecule has 1 saturated carbocycles.